The standard InChI is InChI=1S/C26H17Cl4NO5S/c1-2-35-21-10-14(9-20(30)23(21)36-25(33)15-5-3-6-16(27)12-15)11-22-24(32)31(26(34)37-22)13-17-18(28)7-4-8-19(17)29/h3-12H,2,13H2,1H3/b22-11-. The Hall–Kier alpha value is -2.68. The molecule has 0 atom stereocenters. The summed E-state index contributed by atoms with van der Waals surface area (Å²) in [7, 11) is 0. The van der Waals surface area contributed by atoms with Gasteiger partial charge in [0, 0.05) is 20.6 Å². The first-order chi connectivity index (χ1) is 17.7. The molecule has 4 rings (SSSR count). The van der Waals surface area contributed by atoms with Gasteiger partial charge in [-0.05, 0) is 72.8 Å². The number of imide groups is 1. The van der Waals surface area contributed by atoms with Gasteiger partial charge in [0.1, 0.15) is 0 Å². The van der Waals surface area contributed by atoms with Gasteiger partial charge in [-0.25, -0.2) is 4.79 Å². The van der Waals surface area contributed by atoms with Crippen molar-refractivity contribution in [1.29, 1.82) is 0 Å². The molecule has 0 radical (unpaired) electrons. The van der Waals surface area contributed by atoms with E-state index in [2.05, 4.69) is 0 Å². The fourth-order valence-electron chi connectivity index (χ4n) is 3.43. The predicted octanol–water partition coefficient (Wildman–Crippen LogP) is 8.15. The summed E-state index contributed by atoms with van der Waals surface area (Å²) in [6.07, 6.45) is 1.51. The van der Waals surface area contributed by atoms with Crippen molar-refractivity contribution in [2.24, 2.45) is 0 Å². The summed E-state index contributed by atoms with van der Waals surface area (Å²) in [6, 6.07) is 14.3. The molecule has 0 aliphatic carbocycles. The van der Waals surface area contributed by atoms with Gasteiger partial charge in [0.25, 0.3) is 11.1 Å². The molecule has 2 amide bonds. The van der Waals surface area contributed by atoms with Gasteiger partial charge in [0.15, 0.2) is 11.5 Å². The van der Waals surface area contributed by atoms with Crippen LogP contribution in [0.5, 0.6) is 11.5 Å². The maximum atomic E-state index is 13.0. The summed E-state index contributed by atoms with van der Waals surface area (Å²) in [6.45, 7) is 1.95. The van der Waals surface area contributed by atoms with E-state index in [0.29, 0.717) is 26.2 Å². The van der Waals surface area contributed by atoms with Crippen molar-refractivity contribution in [2.75, 3.05) is 6.61 Å². The van der Waals surface area contributed by atoms with Crippen LogP contribution in [0.1, 0.15) is 28.4 Å². The molecule has 0 saturated carbocycles. The summed E-state index contributed by atoms with van der Waals surface area (Å²) in [4.78, 5) is 39.5. The van der Waals surface area contributed by atoms with Crippen molar-refractivity contribution < 1.29 is 23.9 Å². The van der Waals surface area contributed by atoms with Crippen molar-refractivity contribution in [1.82, 2.24) is 4.90 Å². The van der Waals surface area contributed by atoms with E-state index in [4.69, 9.17) is 55.9 Å². The number of ether oxygens (including phenoxy) is 2. The van der Waals surface area contributed by atoms with Crippen LogP contribution < -0.4 is 9.47 Å². The summed E-state index contributed by atoms with van der Waals surface area (Å²) in [5.74, 6) is -0.959. The highest BCUT2D eigenvalue weighted by molar-refractivity contribution is 8.18. The summed E-state index contributed by atoms with van der Waals surface area (Å²) < 4.78 is 11.1. The molecule has 3 aromatic rings. The molecule has 3 aromatic carbocycles. The maximum Gasteiger partial charge on any atom is 0.343 e. The van der Waals surface area contributed by atoms with E-state index in [0.717, 1.165) is 16.7 Å². The first-order valence-corrected chi connectivity index (χ1v) is 13.1. The van der Waals surface area contributed by atoms with Crippen LogP contribution in [0, 0.1) is 0 Å². The lowest BCUT2D eigenvalue weighted by molar-refractivity contribution is -0.123. The third-order valence-electron chi connectivity index (χ3n) is 5.14. The highest BCUT2D eigenvalue weighted by Gasteiger charge is 2.36. The van der Waals surface area contributed by atoms with Gasteiger partial charge < -0.3 is 9.47 Å². The third-order valence-corrected chi connectivity index (χ3v) is 7.27. The van der Waals surface area contributed by atoms with Crippen molar-refractivity contribution >= 4 is 81.4 Å². The Balaban J connectivity index is 1.60. The normalized spacial score (nSPS) is 14.4. The van der Waals surface area contributed by atoms with Crippen molar-refractivity contribution in [2.45, 2.75) is 13.5 Å². The van der Waals surface area contributed by atoms with Crippen LogP contribution in [0.25, 0.3) is 6.08 Å². The minimum absolute atomic E-state index is 0.0205. The van der Waals surface area contributed by atoms with Crippen LogP contribution in [0.15, 0.2) is 59.5 Å². The van der Waals surface area contributed by atoms with E-state index in [1.165, 1.54) is 18.2 Å². The number of carbonyl (C=O) groups is 3. The number of hydrogen-bond donors (Lipinski definition) is 0. The van der Waals surface area contributed by atoms with E-state index < -0.39 is 17.1 Å². The molecule has 0 bridgehead atoms. The van der Waals surface area contributed by atoms with Gasteiger partial charge >= 0.3 is 5.97 Å². The number of amides is 2. The van der Waals surface area contributed by atoms with Crippen LogP contribution in [0.2, 0.25) is 20.1 Å². The molecule has 0 unspecified atom stereocenters. The average molecular weight is 597 g/mol. The summed E-state index contributed by atoms with van der Waals surface area (Å²) in [5, 5.41) is 0.704. The fourth-order valence-corrected chi connectivity index (χ4v) is 5.23. The Labute approximate surface area is 237 Å². The number of nitrogens with zero attached hydrogens (tertiary/aromatic N) is 1. The Morgan fingerprint density at radius 2 is 1.68 bits per heavy atom. The molecule has 190 valence electrons. The number of benzene rings is 3. The molecule has 1 aliphatic heterocycles. The Kier molecular flexibility index (Phi) is 8.72. The molecule has 1 saturated heterocycles. The van der Waals surface area contributed by atoms with E-state index in [1.54, 1.807) is 49.4 Å². The van der Waals surface area contributed by atoms with Crippen LogP contribution >= 0.6 is 58.2 Å². The number of rotatable bonds is 7. The van der Waals surface area contributed by atoms with E-state index >= 15 is 0 Å². The van der Waals surface area contributed by atoms with Gasteiger partial charge in [-0.15, -0.1) is 0 Å². The van der Waals surface area contributed by atoms with Crippen molar-refractivity contribution in [3.8, 4) is 11.5 Å². The number of carbonyl (C=O) groups excluding carboxylic acids is 3. The minimum atomic E-state index is -0.669. The SMILES string of the molecule is CCOc1cc(/C=C2\SC(=O)N(Cc3c(Cl)cccc3Cl)C2=O)cc(Cl)c1OC(=O)c1cccc(Cl)c1. The Bertz CT molecular complexity index is 1420. The minimum Gasteiger partial charge on any atom is -0.490 e. The van der Waals surface area contributed by atoms with Gasteiger partial charge in [-0.1, -0.05) is 58.5 Å². The maximum absolute atomic E-state index is 13.0. The first kappa shape index (κ1) is 27.4. The molecule has 0 N–H and O–H groups in total. The molecule has 11 heteroatoms. The molecular formula is C26H17Cl4NO5S. The molecule has 1 heterocycles. The lowest BCUT2D eigenvalue weighted by atomic mass is 10.1. The lowest BCUT2D eigenvalue weighted by Crippen LogP contribution is -2.27. The highest BCUT2D eigenvalue weighted by Crippen LogP contribution is 2.40. The smallest absolute Gasteiger partial charge is 0.343 e. The highest BCUT2D eigenvalue weighted by atomic mass is 35.5. The quantitative estimate of drug-likeness (QED) is 0.156. The number of esters is 1. The fraction of sp³-hybridized carbons (Fsp3) is 0.115. The molecule has 37 heavy (non-hydrogen) atoms. The number of hydrogen-bond acceptors (Lipinski definition) is 6. The van der Waals surface area contributed by atoms with Gasteiger partial charge in [-0.3, -0.25) is 14.5 Å². The Morgan fingerprint density at radius 3 is 2.35 bits per heavy atom. The van der Waals surface area contributed by atoms with Crippen LogP contribution in [0.4, 0.5) is 4.79 Å². The Morgan fingerprint density at radius 1 is 0.973 bits per heavy atom. The molecule has 1 aliphatic rings. The summed E-state index contributed by atoms with van der Waals surface area (Å²) >= 11 is 25.6. The average Bonchev–Trinajstić information content (AvgIpc) is 3.10. The molecule has 6 nitrogen and oxygen atoms in total. The van der Waals surface area contributed by atoms with Crippen molar-refractivity contribution in [3.63, 3.8) is 0 Å². The zero-order valence-electron chi connectivity index (χ0n) is 19.1. The molecular weight excluding hydrogens is 580 g/mol. The van der Waals surface area contributed by atoms with Crippen LogP contribution in [-0.4, -0.2) is 28.6 Å². The molecule has 1 fully saturated rings. The van der Waals surface area contributed by atoms with E-state index in [-0.39, 0.29) is 40.1 Å². The van der Waals surface area contributed by atoms with Crippen molar-refractivity contribution in [3.05, 3.63) is 96.3 Å². The first-order valence-electron chi connectivity index (χ1n) is 10.8. The van der Waals surface area contributed by atoms with Gasteiger partial charge in [0.2, 0.25) is 0 Å². The molecule has 0 aromatic heterocycles. The number of thioether (sulfide) groups is 1. The third kappa shape index (κ3) is 6.25. The van der Waals surface area contributed by atoms with E-state index in [1.807, 2.05) is 0 Å². The lowest BCUT2D eigenvalue weighted by Gasteiger charge is -2.15. The predicted molar refractivity (Wildman–Crippen MR) is 147 cm³/mol. The number of halogens is 4. The van der Waals surface area contributed by atoms with Crippen LogP contribution in [0.3, 0.4) is 0 Å². The zero-order valence-corrected chi connectivity index (χ0v) is 22.9. The van der Waals surface area contributed by atoms with Crippen LogP contribution in [-0.2, 0) is 11.3 Å². The zero-order chi connectivity index (χ0) is 26.7. The topological polar surface area (TPSA) is 72.9 Å². The van der Waals surface area contributed by atoms with Gasteiger partial charge in [-0.2, -0.15) is 0 Å². The summed E-state index contributed by atoms with van der Waals surface area (Å²) in [5.41, 5.74) is 1.18. The second-order valence-electron chi connectivity index (χ2n) is 7.63. The second-order valence-corrected chi connectivity index (χ2v) is 10.3. The molecule has 0 spiro atoms. The second kappa shape index (κ2) is 11.8. The van der Waals surface area contributed by atoms with Gasteiger partial charge in [0.05, 0.1) is 28.6 Å². The largest absolute Gasteiger partial charge is 0.490 e. The monoisotopic (exact) mass is 595 g/mol. The van der Waals surface area contributed by atoms with E-state index in [9.17, 15) is 14.4 Å².